The molecule has 3 rings (SSSR count). The molecule has 0 radical (unpaired) electrons. The Hall–Kier alpha value is -4.00. The molecule has 0 aliphatic carbocycles. The summed E-state index contributed by atoms with van der Waals surface area (Å²) in [5.74, 6) is -0.420. The first kappa shape index (κ1) is 21.7. The van der Waals surface area contributed by atoms with Crippen LogP contribution in [-0.2, 0) is 11.3 Å². The third-order valence-electron chi connectivity index (χ3n) is 4.48. The van der Waals surface area contributed by atoms with E-state index in [4.69, 9.17) is 4.74 Å². The van der Waals surface area contributed by atoms with E-state index < -0.39 is 5.82 Å². The highest BCUT2D eigenvalue weighted by Gasteiger charge is 2.09. The van der Waals surface area contributed by atoms with Crippen LogP contribution in [0.4, 0.5) is 4.39 Å². The fourth-order valence-corrected chi connectivity index (χ4v) is 2.79. The molecule has 6 nitrogen and oxygen atoms in total. The summed E-state index contributed by atoms with van der Waals surface area (Å²) in [6.45, 7) is 0.378. The maximum absolute atomic E-state index is 14.3. The number of carbonyl (C=O) groups is 2. The first-order chi connectivity index (χ1) is 15.0. The Labute approximate surface area is 180 Å². The number of rotatable bonds is 7. The molecule has 0 saturated heterocycles. The Morgan fingerprint density at radius 2 is 1.94 bits per heavy atom. The van der Waals surface area contributed by atoms with Crippen molar-refractivity contribution in [2.75, 3.05) is 14.1 Å². The Kier molecular flexibility index (Phi) is 7.11. The quantitative estimate of drug-likeness (QED) is 0.587. The van der Waals surface area contributed by atoms with Gasteiger partial charge in [0.25, 0.3) is 5.91 Å². The summed E-state index contributed by atoms with van der Waals surface area (Å²) in [5, 5.41) is 2.56. The Morgan fingerprint density at radius 1 is 1.16 bits per heavy atom. The van der Waals surface area contributed by atoms with Crippen molar-refractivity contribution in [2.24, 2.45) is 0 Å². The van der Waals surface area contributed by atoms with Crippen molar-refractivity contribution in [3.8, 4) is 11.5 Å². The number of ether oxygens (including phenoxy) is 1. The number of nitrogens with zero attached hydrogens (tertiary/aromatic N) is 2. The minimum Gasteiger partial charge on any atom is -0.453 e. The second kappa shape index (κ2) is 10.2. The number of likely N-dealkylation sites (N-methyl/N-ethyl adjacent to an activating group) is 1. The largest absolute Gasteiger partial charge is 0.453 e. The van der Waals surface area contributed by atoms with Gasteiger partial charge in [-0.15, -0.1) is 0 Å². The van der Waals surface area contributed by atoms with Gasteiger partial charge in [-0.1, -0.05) is 18.2 Å². The van der Waals surface area contributed by atoms with E-state index in [-0.39, 0.29) is 17.6 Å². The van der Waals surface area contributed by atoms with E-state index in [1.54, 1.807) is 68.8 Å². The van der Waals surface area contributed by atoms with Crippen molar-refractivity contribution in [1.29, 1.82) is 0 Å². The third-order valence-corrected chi connectivity index (χ3v) is 4.48. The number of benzene rings is 2. The Morgan fingerprint density at radius 3 is 2.58 bits per heavy atom. The molecule has 0 atom stereocenters. The van der Waals surface area contributed by atoms with Crippen LogP contribution in [0.1, 0.15) is 21.5 Å². The molecule has 0 unspecified atom stereocenters. The molecule has 0 spiro atoms. The lowest BCUT2D eigenvalue weighted by atomic mass is 10.1. The lowest BCUT2D eigenvalue weighted by molar-refractivity contribution is -0.125. The second-order valence-electron chi connectivity index (χ2n) is 6.78. The molecular formula is C24H22FN3O3. The number of carbonyl (C=O) groups excluding carboxylic acids is 2. The van der Waals surface area contributed by atoms with E-state index in [0.717, 1.165) is 5.56 Å². The minimum absolute atomic E-state index is 0.0776. The zero-order valence-corrected chi connectivity index (χ0v) is 17.2. The predicted molar refractivity (Wildman–Crippen MR) is 116 cm³/mol. The van der Waals surface area contributed by atoms with Crippen LogP contribution in [0.15, 0.2) is 73.1 Å². The van der Waals surface area contributed by atoms with Gasteiger partial charge < -0.3 is 15.0 Å². The van der Waals surface area contributed by atoms with E-state index >= 15 is 0 Å². The van der Waals surface area contributed by atoms with Gasteiger partial charge in [0.1, 0.15) is 5.75 Å². The van der Waals surface area contributed by atoms with Gasteiger partial charge in [-0.05, 0) is 53.6 Å². The molecule has 31 heavy (non-hydrogen) atoms. The van der Waals surface area contributed by atoms with Crippen molar-refractivity contribution in [2.45, 2.75) is 6.54 Å². The molecule has 0 bridgehead atoms. The summed E-state index contributed by atoms with van der Waals surface area (Å²) >= 11 is 0. The molecule has 0 aliphatic heterocycles. The van der Waals surface area contributed by atoms with Crippen molar-refractivity contribution in [3.05, 3.63) is 95.6 Å². The van der Waals surface area contributed by atoms with Crippen molar-refractivity contribution in [3.63, 3.8) is 0 Å². The van der Waals surface area contributed by atoms with Crippen molar-refractivity contribution in [1.82, 2.24) is 15.2 Å². The van der Waals surface area contributed by atoms with Crippen LogP contribution in [-0.4, -0.2) is 35.8 Å². The van der Waals surface area contributed by atoms with Crippen LogP contribution < -0.4 is 10.1 Å². The monoisotopic (exact) mass is 419 g/mol. The molecule has 3 aromatic rings. The van der Waals surface area contributed by atoms with Crippen molar-refractivity contribution < 1.29 is 18.7 Å². The van der Waals surface area contributed by atoms with Gasteiger partial charge in [0.05, 0.1) is 6.20 Å². The topological polar surface area (TPSA) is 71.5 Å². The molecule has 0 fully saturated rings. The van der Waals surface area contributed by atoms with Crippen LogP contribution in [0.3, 0.4) is 0 Å². The number of aromatic nitrogens is 1. The first-order valence-electron chi connectivity index (χ1n) is 9.58. The Balaban J connectivity index is 1.59. The number of pyridine rings is 1. The summed E-state index contributed by atoms with van der Waals surface area (Å²) in [5.41, 5.74) is 1.98. The van der Waals surface area contributed by atoms with Gasteiger partial charge in [-0.2, -0.15) is 0 Å². The molecule has 1 N–H and O–H groups in total. The molecule has 0 saturated carbocycles. The van der Waals surface area contributed by atoms with E-state index in [0.29, 0.717) is 23.4 Å². The van der Waals surface area contributed by atoms with Crippen molar-refractivity contribution >= 4 is 17.9 Å². The predicted octanol–water partition coefficient (Wildman–Crippen LogP) is 4.04. The highest BCUT2D eigenvalue weighted by molar-refractivity contribution is 5.94. The average Bonchev–Trinajstić information content (AvgIpc) is 2.79. The minimum atomic E-state index is -0.539. The zero-order chi connectivity index (χ0) is 22.2. The lowest BCUT2D eigenvalue weighted by Crippen LogP contribution is -2.24. The van der Waals surface area contributed by atoms with E-state index in [9.17, 15) is 14.0 Å². The normalized spacial score (nSPS) is 10.7. The van der Waals surface area contributed by atoms with Crippen LogP contribution in [0.25, 0.3) is 6.08 Å². The molecule has 158 valence electrons. The number of hydrogen-bond acceptors (Lipinski definition) is 4. The molecule has 2 amide bonds. The number of hydrogen-bond donors (Lipinski definition) is 1. The number of halogens is 1. The zero-order valence-electron chi connectivity index (χ0n) is 17.2. The van der Waals surface area contributed by atoms with Crippen LogP contribution in [0.2, 0.25) is 0 Å². The number of amides is 2. The Bertz CT molecular complexity index is 1080. The van der Waals surface area contributed by atoms with Gasteiger partial charge in [0, 0.05) is 38.5 Å². The van der Waals surface area contributed by atoms with E-state index in [1.165, 1.54) is 29.3 Å². The van der Waals surface area contributed by atoms with Gasteiger partial charge in [0.15, 0.2) is 11.6 Å². The van der Waals surface area contributed by atoms with Crippen LogP contribution in [0.5, 0.6) is 11.5 Å². The molecule has 1 aromatic heterocycles. The van der Waals surface area contributed by atoms with E-state index in [2.05, 4.69) is 10.3 Å². The van der Waals surface area contributed by atoms with Gasteiger partial charge >= 0.3 is 0 Å². The summed E-state index contributed by atoms with van der Waals surface area (Å²) in [4.78, 5) is 29.4. The summed E-state index contributed by atoms with van der Waals surface area (Å²) in [6.07, 6.45) is 6.03. The summed E-state index contributed by atoms with van der Waals surface area (Å²) in [7, 11) is 3.24. The highest BCUT2D eigenvalue weighted by Crippen LogP contribution is 2.24. The molecule has 2 aromatic carbocycles. The maximum atomic E-state index is 14.3. The van der Waals surface area contributed by atoms with Crippen LogP contribution >= 0.6 is 0 Å². The SMILES string of the molecule is CNC(=O)c1ccc(CN(C)C(=O)/C=C/c2ccc(Oc3cccnc3)c(F)c2)cc1. The molecule has 0 aliphatic rings. The maximum Gasteiger partial charge on any atom is 0.251 e. The lowest BCUT2D eigenvalue weighted by Gasteiger charge is -2.15. The fraction of sp³-hybridized carbons (Fsp3) is 0.125. The highest BCUT2D eigenvalue weighted by atomic mass is 19.1. The fourth-order valence-electron chi connectivity index (χ4n) is 2.79. The average molecular weight is 419 g/mol. The summed E-state index contributed by atoms with van der Waals surface area (Å²) < 4.78 is 19.8. The smallest absolute Gasteiger partial charge is 0.251 e. The van der Waals surface area contributed by atoms with Gasteiger partial charge in [-0.25, -0.2) is 4.39 Å². The van der Waals surface area contributed by atoms with E-state index in [1.807, 2.05) is 0 Å². The van der Waals surface area contributed by atoms with Gasteiger partial charge in [-0.3, -0.25) is 14.6 Å². The molecular weight excluding hydrogens is 397 g/mol. The number of nitrogens with one attached hydrogen (secondary N) is 1. The molecule has 7 heteroatoms. The third kappa shape index (κ3) is 5.99. The molecule has 1 heterocycles. The van der Waals surface area contributed by atoms with Crippen LogP contribution in [0, 0.1) is 5.82 Å². The van der Waals surface area contributed by atoms with Gasteiger partial charge in [0.2, 0.25) is 5.91 Å². The standard InChI is InChI=1S/C24H22FN3O3/c1-26-24(30)19-9-5-18(6-10-19)16-28(2)23(29)12-8-17-7-11-22(21(25)14-17)31-20-4-3-13-27-15-20/h3-15H,16H2,1-2H3,(H,26,30)/b12-8+. The first-order valence-corrected chi connectivity index (χ1v) is 9.58. The second-order valence-corrected chi connectivity index (χ2v) is 6.78. The summed E-state index contributed by atoms with van der Waals surface area (Å²) in [6, 6.07) is 14.9.